The summed E-state index contributed by atoms with van der Waals surface area (Å²) < 4.78 is 0. The van der Waals surface area contributed by atoms with Crippen LogP contribution in [0.2, 0.25) is 0 Å². The van der Waals surface area contributed by atoms with E-state index in [0.717, 1.165) is 25.7 Å². The number of primary amides is 1. The van der Waals surface area contributed by atoms with Gasteiger partial charge in [-0.1, -0.05) is 12.8 Å². The van der Waals surface area contributed by atoms with Gasteiger partial charge in [-0.15, -0.1) is 0 Å². The third-order valence-electron chi connectivity index (χ3n) is 2.60. The minimum Gasteiger partial charge on any atom is -0.370 e. The Kier molecular flexibility index (Phi) is 3.46. The van der Waals surface area contributed by atoms with E-state index in [9.17, 15) is 9.59 Å². The molecule has 0 radical (unpaired) electrons. The summed E-state index contributed by atoms with van der Waals surface area (Å²) in [6.07, 6.45) is 3.63. The fourth-order valence-corrected chi connectivity index (χ4v) is 1.71. The number of rotatable bonds is 4. The van der Waals surface area contributed by atoms with Crippen LogP contribution in [0.25, 0.3) is 0 Å². The van der Waals surface area contributed by atoms with Crippen LogP contribution < -0.4 is 16.8 Å². The largest absolute Gasteiger partial charge is 0.370 e. The normalized spacial score (nSPS) is 19.2. The molecule has 1 rings (SSSR count). The maximum absolute atomic E-state index is 11.6. The van der Waals surface area contributed by atoms with Crippen molar-refractivity contribution in [2.45, 2.75) is 37.6 Å². The SMILES string of the molecule is NC(=O)CCNC(=O)C1(N)CCCC1. The lowest BCUT2D eigenvalue weighted by Gasteiger charge is -2.21. The van der Waals surface area contributed by atoms with Crippen LogP contribution in [-0.2, 0) is 9.59 Å². The molecule has 0 bridgehead atoms. The molecule has 0 aromatic heterocycles. The fourth-order valence-electron chi connectivity index (χ4n) is 1.71. The molecule has 5 heteroatoms. The van der Waals surface area contributed by atoms with Crippen molar-refractivity contribution < 1.29 is 9.59 Å². The van der Waals surface area contributed by atoms with Gasteiger partial charge in [0.15, 0.2) is 0 Å². The Balaban J connectivity index is 2.30. The van der Waals surface area contributed by atoms with Gasteiger partial charge in [0.25, 0.3) is 0 Å². The molecule has 0 unspecified atom stereocenters. The molecule has 0 heterocycles. The highest BCUT2D eigenvalue weighted by Crippen LogP contribution is 2.26. The summed E-state index contributed by atoms with van der Waals surface area (Å²) >= 11 is 0. The van der Waals surface area contributed by atoms with E-state index in [2.05, 4.69) is 5.32 Å². The highest BCUT2D eigenvalue weighted by molar-refractivity contribution is 5.86. The van der Waals surface area contributed by atoms with Crippen molar-refractivity contribution in [2.24, 2.45) is 11.5 Å². The molecule has 0 aromatic carbocycles. The fraction of sp³-hybridized carbons (Fsp3) is 0.778. The predicted molar refractivity (Wildman–Crippen MR) is 52.2 cm³/mol. The summed E-state index contributed by atoms with van der Waals surface area (Å²) in [6, 6.07) is 0. The molecule has 1 saturated carbocycles. The van der Waals surface area contributed by atoms with E-state index in [1.807, 2.05) is 0 Å². The molecule has 80 valence electrons. The molecular weight excluding hydrogens is 182 g/mol. The van der Waals surface area contributed by atoms with Gasteiger partial charge in [0.05, 0.1) is 5.54 Å². The van der Waals surface area contributed by atoms with Crippen LogP contribution in [0.4, 0.5) is 0 Å². The lowest BCUT2D eigenvalue weighted by Crippen LogP contribution is -2.52. The predicted octanol–water partition coefficient (Wildman–Crippen LogP) is -0.750. The Morgan fingerprint density at radius 1 is 1.29 bits per heavy atom. The number of carbonyl (C=O) groups is 2. The van der Waals surface area contributed by atoms with Crippen LogP contribution >= 0.6 is 0 Å². The van der Waals surface area contributed by atoms with Crippen molar-refractivity contribution in [2.75, 3.05) is 6.54 Å². The van der Waals surface area contributed by atoms with Gasteiger partial charge in [-0.25, -0.2) is 0 Å². The smallest absolute Gasteiger partial charge is 0.240 e. The second kappa shape index (κ2) is 4.41. The molecule has 1 aliphatic carbocycles. The van der Waals surface area contributed by atoms with Crippen LogP contribution in [-0.4, -0.2) is 23.9 Å². The van der Waals surface area contributed by atoms with Crippen LogP contribution in [0, 0.1) is 0 Å². The van der Waals surface area contributed by atoms with Gasteiger partial charge in [-0.3, -0.25) is 9.59 Å². The molecule has 0 saturated heterocycles. The summed E-state index contributed by atoms with van der Waals surface area (Å²) in [5, 5.41) is 2.63. The highest BCUT2D eigenvalue weighted by Gasteiger charge is 2.36. The van der Waals surface area contributed by atoms with Crippen LogP contribution in [0.5, 0.6) is 0 Å². The number of hydrogen-bond acceptors (Lipinski definition) is 3. The maximum Gasteiger partial charge on any atom is 0.240 e. The number of carbonyl (C=O) groups excluding carboxylic acids is 2. The topological polar surface area (TPSA) is 98.2 Å². The summed E-state index contributed by atoms with van der Waals surface area (Å²) in [5.41, 5.74) is 10.1. The molecule has 2 amide bonds. The van der Waals surface area contributed by atoms with Crippen molar-refractivity contribution >= 4 is 11.8 Å². The Labute approximate surface area is 83.2 Å². The summed E-state index contributed by atoms with van der Waals surface area (Å²) in [6.45, 7) is 0.285. The van der Waals surface area contributed by atoms with Gasteiger partial charge >= 0.3 is 0 Å². The van der Waals surface area contributed by atoms with Crippen LogP contribution in [0.1, 0.15) is 32.1 Å². The Hall–Kier alpha value is -1.10. The van der Waals surface area contributed by atoms with Gasteiger partial charge < -0.3 is 16.8 Å². The zero-order valence-electron chi connectivity index (χ0n) is 8.21. The number of nitrogens with one attached hydrogen (secondary N) is 1. The van der Waals surface area contributed by atoms with Gasteiger partial charge in [-0.2, -0.15) is 0 Å². The number of nitrogens with two attached hydrogens (primary N) is 2. The Morgan fingerprint density at radius 3 is 2.36 bits per heavy atom. The van der Waals surface area contributed by atoms with E-state index in [4.69, 9.17) is 11.5 Å². The van der Waals surface area contributed by atoms with Crippen molar-refractivity contribution in [3.8, 4) is 0 Å². The average Bonchev–Trinajstić information content (AvgIpc) is 2.52. The summed E-state index contributed by atoms with van der Waals surface area (Å²) in [5.74, 6) is -0.570. The maximum atomic E-state index is 11.6. The Morgan fingerprint density at radius 2 is 1.86 bits per heavy atom. The first kappa shape index (κ1) is 11.0. The first-order valence-corrected chi connectivity index (χ1v) is 4.90. The van der Waals surface area contributed by atoms with Gasteiger partial charge in [0, 0.05) is 13.0 Å². The third kappa shape index (κ3) is 2.70. The molecule has 1 fully saturated rings. The molecular formula is C9H17N3O2. The minimum absolute atomic E-state index is 0.156. The molecule has 5 nitrogen and oxygen atoms in total. The van der Waals surface area contributed by atoms with Crippen molar-refractivity contribution in [1.29, 1.82) is 0 Å². The molecule has 0 aliphatic heterocycles. The highest BCUT2D eigenvalue weighted by atomic mass is 16.2. The first-order valence-electron chi connectivity index (χ1n) is 4.90. The van der Waals surface area contributed by atoms with E-state index < -0.39 is 11.4 Å². The molecule has 0 aromatic rings. The van der Waals surface area contributed by atoms with Crippen molar-refractivity contribution in [3.63, 3.8) is 0 Å². The van der Waals surface area contributed by atoms with Crippen molar-refractivity contribution in [3.05, 3.63) is 0 Å². The first-order chi connectivity index (χ1) is 6.54. The van der Waals surface area contributed by atoms with E-state index in [1.54, 1.807) is 0 Å². The molecule has 14 heavy (non-hydrogen) atoms. The summed E-state index contributed by atoms with van der Waals surface area (Å²) in [7, 11) is 0. The minimum atomic E-state index is -0.711. The van der Waals surface area contributed by atoms with E-state index in [1.165, 1.54) is 0 Å². The quantitative estimate of drug-likeness (QED) is 0.555. The third-order valence-corrected chi connectivity index (χ3v) is 2.60. The molecule has 5 N–H and O–H groups in total. The lowest BCUT2D eigenvalue weighted by atomic mass is 9.98. The van der Waals surface area contributed by atoms with E-state index >= 15 is 0 Å². The van der Waals surface area contributed by atoms with Gasteiger partial charge in [0.1, 0.15) is 0 Å². The monoisotopic (exact) mass is 199 g/mol. The average molecular weight is 199 g/mol. The standard InChI is InChI=1S/C9H17N3O2/c10-7(13)3-6-12-8(14)9(11)4-1-2-5-9/h1-6,11H2,(H2,10,13)(H,12,14). The zero-order chi connectivity index (χ0) is 10.6. The lowest BCUT2D eigenvalue weighted by molar-refractivity contribution is -0.126. The van der Waals surface area contributed by atoms with E-state index in [0.29, 0.717) is 0 Å². The van der Waals surface area contributed by atoms with Gasteiger partial charge in [-0.05, 0) is 12.8 Å². The Bertz CT molecular complexity index is 234. The van der Waals surface area contributed by atoms with Crippen LogP contribution in [0.15, 0.2) is 0 Å². The molecule has 1 aliphatic rings. The van der Waals surface area contributed by atoms with Crippen LogP contribution in [0.3, 0.4) is 0 Å². The molecule has 0 atom stereocenters. The van der Waals surface area contributed by atoms with Gasteiger partial charge in [0.2, 0.25) is 11.8 Å². The second-order valence-electron chi connectivity index (χ2n) is 3.84. The second-order valence-corrected chi connectivity index (χ2v) is 3.84. The van der Waals surface area contributed by atoms with Crippen molar-refractivity contribution in [1.82, 2.24) is 5.32 Å². The zero-order valence-corrected chi connectivity index (χ0v) is 8.21. The van der Waals surface area contributed by atoms with E-state index in [-0.39, 0.29) is 18.9 Å². The summed E-state index contributed by atoms with van der Waals surface area (Å²) in [4.78, 5) is 22.0. The number of hydrogen-bond donors (Lipinski definition) is 3. The number of amides is 2. The molecule has 0 spiro atoms.